The molecule has 11 nitrogen and oxygen atoms in total. The molecule has 0 aliphatic carbocycles. The first-order chi connectivity index (χ1) is 16.3. The van der Waals surface area contributed by atoms with E-state index in [4.69, 9.17) is 14.2 Å². The highest BCUT2D eigenvalue weighted by atomic mass is 32.2. The summed E-state index contributed by atoms with van der Waals surface area (Å²) in [4.78, 5) is 36.6. The summed E-state index contributed by atoms with van der Waals surface area (Å²) in [7, 11) is -3.97. The Morgan fingerprint density at radius 1 is 1.20 bits per heavy atom. The highest BCUT2D eigenvalue weighted by Crippen LogP contribution is 2.29. The fraction of sp³-hybridized carbons (Fsp3) is 0.522. The number of benzene rings is 1. The number of amides is 1. The maximum absolute atomic E-state index is 13.5. The van der Waals surface area contributed by atoms with Crippen LogP contribution in [-0.4, -0.2) is 60.9 Å². The normalized spacial score (nSPS) is 16.8. The zero-order valence-corrected chi connectivity index (χ0v) is 21.3. The highest BCUT2D eigenvalue weighted by molar-refractivity contribution is 7.89. The first-order valence-electron chi connectivity index (χ1n) is 11.3. The first-order valence-corrected chi connectivity index (χ1v) is 12.7. The zero-order chi connectivity index (χ0) is 26.0. The van der Waals surface area contributed by atoms with Gasteiger partial charge in [-0.3, -0.25) is 9.36 Å². The van der Waals surface area contributed by atoms with Crippen molar-refractivity contribution >= 4 is 33.0 Å². The van der Waals surface area contributed by atoms with Crippen molar-refractivity contribution < 1.29 is 32.2 Å². The Morgan fingerprint density at radius 3 is 2.57 bits per heavy atom. The Balaban J connectivity index is 1.86. The van der Waals surface area contributed by atoms with Crippen LogP contribution in [0.3, 0.4) is 0 Å². The highest BCUT2D eigenvalue weighted by Gasteiger charge is 2.35. The lowest BCUT2D eigenvalue weighted by molar-refractivity contribution is 0.0360. The second-order valence-electron chi connectivity index (χ2n) is 9.22. The van der Waals surface area contributed by atoms with E-state index in [1.54, 1.807) is 34.6 Å². The Hall–Kier alpha value is -3.12. The third kappa shape index (κ3) is 6.12. The van der Waals surface area contributed by atoms with Crippen LogP contribution in [0, 0.1) is 6.92 Å². The molecule has 192 valence electrons. The van der Waals surface area contributed by atoms with E-state index in [-0.39, 0.29) is 36.7 Å². The predicted molar refractivity (Wildman–Crippen MR) is 128 cm³/mol. The molecule has 1 atom stereocenters. The maximum Gasteiger partial charge on any atom is 0.510 e. The van der Waals surface area contributed by atoms with Gasteiger partial charge in [-0.2, -0.15) is 4.31 Å². The number of aryl methyl sites for hydroxylation is 1. The molecule has 0 spiro atoms. The van der Waals surface area contributed by atoms with Gasteiger partial charge in [0, 0.05) is 36.1 Å². The molecular weight excluding hydrogens is 478 g/mol. The van der Waals surface area contributed by atoms with Gasteiger partial charge < -0.3 is 19.5 Å². The SMILES string of the molecule is CCOC(=O)OCn1cc(C)c2c(S(=O)(=O)N3CCC(NC(=O)OC(C)(C)C)C3)cccc2c1=O. The second kappa shape index (κ2) is 10.2. The van der Waals surface area contributed by atoms with Crippen molar-refractivity contribution in [3.63, 3.8) is 0 Å². The molecule has 0 saturated carbocycles. The van der Waals surface area contributed by atoms with Gasteiger partial charge in [-0.15, -0.1) is 0 Å². The third-order valence-corrected chi connectivity index (χ3v) is 7.24. The minimum Gasteiger partial charge on any atom is -0.444 e. The van der Waals surface area contributed by atoms with Gasteiger partial charge in [0.1, 0.15) is 5.60 Å². The molecule has 0 bridgehead atoms. The molecule has 35 heavy (non-hydrogen) atoms. The van der Waals surface area contributed by atoms with Crippen molar-refractivity contribution in [2.45, 2.75) is 64.3 Å². The number of sulfonamides is 1. The smallest absolute Gasteiger partial charge is 0.444 e. The summed E-state index contributed by atoms with van der Waals surface area (Å²) in [5, 5.41) is 3.20. The Labute approximate surface area is 204 Å². The standard InChI is InChI=1S/C23H31N3O8S/c1-6-32-22(29)33-14-25-12-15(2)19-17(20(25)27)8-7-9-18(19)35(30,31)26-11-10-16(13-26)24-21(28)34-23(3,4)5/h7-9,12,16H,6,10-11,13-14H2,1-5H3,(H,24,28). The predicted octanol–water partition coefficient (Wildman–Crippen LogP) is 2.73. The number of hydrogen-bond donors (Lipinski definition) is 1. The lowest BCUT2D eigenvalue weighted by atomic mass is 10.1. The van der Waals surface area contributed by atoms with Crippen molar-refractivity contribution in [1.82, 2.24) is 14.2 Å². The number of nitrogens with zero attached hydrogens (tertiary/aromatic N) is 2. The van der Waals surface area contributed by atoms with E-state index >= 15 is 0 Å². The summed E-state index contributed by atoms with van der Waals surface area (Å²) in [6, 6.07) is 4.09. The van der Waals surface area contributed by atoms with Crippen molar-refractivity contribution in [3.05, 3.63) is 40.3 Å². The molecular formula is C23H31N3O8S. The molecule has 1 aromatic heterocycles. The lowest BCUT2D eigenvalue weighted by Crippen LogP contribution is -2.41. The lowest BCUT2D eigenvalue weighted by Gasteiger charge is -2.22. The fourth-order valence-corrected chi connectivity index (χ4v) is 5.68. The van der Waals surface area contributed by atoms with Gasteiger partial charge in [0.25, 0.3) is 5.56 Å². The molecule has 3 rings (SSSR count). The largest absolute Gasteiger partial charge is 0.510 e. The third-order valence-electron chi connectivity index (χ3n) is 5.33. The average molecular weight is 510 g/mol. The van der Waals surface area contributed by atoms with Crippen LogP contribution in [0.4, 0.5) is 9.59 Å². The van der Waals surface area contributed by atoms with Crippen molar-refractivity contribution in [2.24, 2.45) is 0 Å². The van der Waals surface area contributed by atoms with Crippen molar-refractivity contribution in [1.29, 1.82) is 0 Å². The number of fused-ring (bicyclic) bond motifs is 1. The Bertz CT molecular complexity index is 1280. The first kappa shape index (κ1) is 26.5. The van der Waals surface area contributed by atoms with Crippen LogP contribution in [0.15, 0.2) is 34.1 Å². The van der Waals surface area contributed by atoms with Gasteiger partial charge in [-0.05, 0) is 58.7 Å². The topological polar surface area (TPSA) is 133 Å². The minimum absolute atomic E-state index is 0.000907. The molecule has 1 aliphatic heterocycles. The molecule has 1 N–H and O–H groups in total. The van der Waals surface area contributed by atoms with Crippen LogP contribution in [0.1, 0.15) is 39.7 Å². The number of ether oxygens (including phenoxy) is 3. The molecule has 1 saturated heterocycles. The summed E-state index contributed by atoms with van der Waals surface area (Å²) in [5.41, 5.74) is -0.643. The molecule has 0 radical (unpaired) electrons. The summed E-state index contributed by atoms with van der Waals surface area (Å²) in [6.07, 6.45) is 0.366. The number of carbonyl (C=O) groups is 2. The van der Waals surface area contributed by atoms with Crippen molar-refractivity contribution in [3.8, 4) is 0 Å². The van der Waals surface area contributed by atoms with E-state index in [0.717, 1.165) is 0 Å². The monoisotopic (exact) mass is 509 g/mol. The van der Waals surface area contributed by atoms with E-state index in [1.165, 1.54) is 33.3 Å². The van der Waals surface area contributed by atoms with Gasteiger partial charge in [0.2, 0.25) is 10.0 Å². The number of alkyl carbamates (subject to hydrolysis) is 1. The van der Waals surface area contributed by atoms with Gasteiger partial charge in [0.05, 0.1) is 11.5 Å². The quantitative estimate of drug-likeness (QED) is 0.588. The zero-order valence-electron chi connectivity index (χ0n) is 20.5. The van der Waals surface area contributed by atoms with Gasteiger partial charge in [-0.25, -0.2) is 18.0 Å². The molecule has 2 aromatic rings. The molecule has 1 unspecified atom stereocenters. The number of aromatic nitrogens is 1. The van der Waals surface area contributed by atoms with E-state index in [0.29, 0.717) is 17.4 Å². The van der Waals surface area contributed by atoms with Gasteiger partial charge in [-0.1, -0.05) is 6.07 Å². The molecule has 1 aromatic carbocycles. The number of nitrogens with one attached hydrogen (secondary N) is 1. The average Bonchev–Trinajstić information content (AvgIpc) is 3.22. The Morgan fingerprint density at radius 2 is 1.91 bits per heavy atom. The number of rotatable bonds is 6. The number of pyridine rings is 1. The van der Waals surface area contributed by atoms with Crippen LogP contribution in [0.2, 0.25) is 0 Å². The molecule has 1 fully saturated rings. The van der Waals surface area contributed by atoms with Crippen LogP contribution in [0.25, 0.3) is 10.8 Å². The van der Waals surface area contributed by atoms with Crippen LogP contribution >= 0.6 is 0 Å². The van der Waals surface area contributed by atoms with Crippen LogP contribution in [-0.2, 0) is 31.0 Å². The van der Waals surface area contributed by atoms with Gasteiger partial charge >= 0.3 is 12.2 Å². The molecule has 2 heterocycles. The van der Waals surface area contributed by atoms with E-state index in [1.807, 2.05) is 0 Å². The summed E-state index contributed by atoms with van der Waals surface area (Å²) >= 11 is 0. The van der Waals surface area contributed by atoms with E-state index < -0.39 is 39.5 Å². The maximum atomic E-state index is 13.5. The number of carbonyl (C=O) groups excluding carboxylic acids is 2. The second-order valence-corrected chi connectivity index (χ2v) is 11.1. The van der Waals surface area contributed by atoms with Crippen LogP contribution < -0.4 is 10.9 Å². The van der Waals surface area contributed by atoms with Crippen molar-refractivity contribution in [2.75, 3.05) is 19.7 Å². The minimum atomic E-state index is -3.97. The molecule has 1 aliphatic rings. The van der Waals surface area contributed by atoms with Gasteiger partial charge in [0.15, 0.2) is 6.73 Å². The summed E-state index contributed by atoms with van der Waals surface area (Å²) in [6.45, 7) is 8.62. The van der Waals surface area contributed by atoms with E-state index in [9.17, 15) is 22.8 Å². The number of hydrogen-bond acceptors (Lipinski definition) is 8. The Kier molecular flexibility index (Phi) is 7.75. The summed E-state index contributed by atoms with van der Waals surface area (Å²) in [5.74, 6) is 0. The fourth-order valence-electron chi connectivity index (χ4n) is 3.90. The van der Waals surface area contributed by atoms with Crippen LogP contribution in [0.5, 0.6) is 0 Å². The van der Waals surface area contributed by atoms with E-state index in [2.05, 4.69) is 5.32 Å². The molecule has 1 amide bonds. The molecule has 12 heteroatoms. The summed E-state index contributed by atoms with van der Waals surface area (Å²) < 4.78 is 44.4.